The molecule has 1 aromatic heterocycles. The highest BCUT2D eigenvalue weighted by Gasteiger charge is 2.02. The number of halogens is 2. The van der Waals surface area contributed by atoms with Gasteiger partial charge in [-0.3, -0.25) is 0 Å². The fourth-order valence-corrected chi connectivity index (χ4v) is 2.36. The quantitative estimate of drug-likeness (QED) is 0.625. The molecule has 0 spiro atoms. The van der Waals surface area contributed by atoms with Crippen molar-refractivity contribution in [2.24, 2.45) is 7.05 Å². The molecular weight excluding hydrogens is 301 g/mol. The van der Waals surface area contributed by atoms with Crippen LogP contribution in [-0.2, 0) is 13.6 Å². The Hall–Kier alpha value is -1.18. The number of hydrogen-bond acceptors (Lipinski definition) is 5. The van der Waals surface area contributed by atoms with Crippen molar-refractivity contribution in [3.05, 3.63) is 35.6 Å². The molecule has 0 amide bonds. The summed E-state index contributed by atoms with van der Waals surface area (Å²) in [7, 11) is 1.82. The zero-order valence-corrected chi connectivity index (χ0v) is 12.8. The average molecular weight is 318 g/mol. The van der Waals surface area contributed by atoms with Crippen LogP contribution in [0, 0.1) is 5.82 Å². The molecule has 2 aromatic rings. The van der Waals surface area contributed by atoms with Gasteiger partial charge in [-0.05, 0) is 29.5 Å². The van der Waals surface area contributed by atoms with Gasteiger partial charge in [0.05, 0.1) is 0 Å². The van der Waals surface area contributed by atoms with Crippen LogP contribution < -0.4 is 5.32 Å². The van der Waals surface area contributed by atoms with E-state index < -0.39 is 0 Å². The minimum absolute atomic E-state index is 0. The second-order valence-corrected chi connectivity index (χ2v) is 5.12. The van der Waals surface area contributed by atoms with Crippen molar-refractivity contribution in [2.75, 3.05) is 12.3 Å². The molecule has 20 heavy (non-hydrogen) atoms. The predicted molar refractivity (Wildman–Crippen MR) is 79.5 cm³/mol. The number of thioether (sulfide) groups is 1. The van der Waals surface area contributed by atoms with Crippen molar-refractivity contribution in [1.82, 2.24) is 25.5 Å². The van der Waals surface area contributed by atoms with Crippen LogP contribution in [0.2, 0.25) is 0 Å². The smallest absolute Gasteiger partial charge is 0.209 e. The van der Waals surface area contributed by atoms with E-state index in [1.165, 1.54) is 6.07 Å². The summed E-state index contributed by atoms with van der Waals surface area (Å²) in [5, 5.41) is 15.3. The van der Waals surface area contributed by atoms with Crippen molar-refractivity contribution in [1.29, 1.82) is 0 Å². The van der Waals surface area contributed by atoms with E-state index in [-0.39, 0.29) is 18.2 Å². The third-order valence-corrected chi connectivity index (χ3v) is 3.68. The number of benzene rings is 1. The van der Waals surface area contributed by atoms with Crippen molar-refractivity contribution < 1.29 is 4.39 Å². The number of nitrogens with one attached hydrogen (secondary N) is 1. The van der Waals surface area contributed by atoms with Gasteiger partial charge < -0.3 is 5.32 Å². The molecule has 0 saturated carbocycles. The molecule has 0 aliphatic carbocycles. The van der Waals surface area contributed by atoms with Gasteiger partial charge in [0.15, 0.2) is 0 Å². The summed E-state index contributed by atoms with van der Waals surface area (Å²) >= 11 is 1.62. The highest BCUT2D eigenvalue weighted by atomic mass is 35.5. The first-order valence-corrected chi connectivity index (χ1v) is 7.05. The number of hydrogen-bond donors (Lipinski definition) is 1. The zero-order chi connectivity index (χ0) is 13.5. The fourth-order valence-electron chi connectivity index (χ4n) is 1.57. The molecule has 8 heteroatoms. The van der Waals surface area contributed by atoms with E-state index in [4.69, 9.17) is 0 Å². The van der Waals surface area contributed by atoms with Crippen molar-refractivity contribution >= 4 is 24.2 Å². The van der Waals surface area contributed by atoms with Gasteiger partial charge in [0.2, 0.25) is 5.16 Å². The maximum absolute atomic E-state index is 13.3. The third-order valence-electron chi connectivity index (χ3n) is 2.58. The lowest BCUT2D eigenvalue weighted by atomic mass is 10.2. The third kappa shape index (κ3) is 5.07. The van der Waals surface area contributed by atoms with Gasteiger partial charge in [-0.15, -0.1) is 17.5 Å². The van der Waals surface area contributed by atoms with E-state index in [1.54, 1.807) is 28.6 Å². The first-order valence-electron chi connectivity index (χ1n) is 6.06. The number of tetrazole rings is 1. The molecule has 0 unspecified atom stereocenters. The number of aryl methyl sites for hydroxylation is 1. The van der Waals surface area contributed by atoms with Crippen LogP contribution in [-0.4, -0.2) is 32.5 Å². The topological polar surface area (TPSA) is 55.6 Å². The Bertz CT molecular complexity index is 522. The first-order chi connectivity index (χ1) is 9.27. The van der Waals surface area contributed by atoms with Gasteiger partial charge in [0, 0.05) is 24.9 Å². The predicted octanol–water partition coefficient (Wildman–Crippen LogP) is 2.04. The molecule has 0 fully saturated rings. The molecule has 110 valence electrons. The van der Waals surface area contributed by atoms with Crippen LogP contribution >= 0.6 is 24.2 Å². The zero-order valence-electron chi connectivity index (χ0n) is 11.1. The van der Waals surface area contributed by atoms with E-state index in [0.717, 1.165) is 23.9 Å². The maximum atomic E-state index is 13.3. The Balaban J connectivity index is 0.00000200. The lowest BCUT2D eigenvalue weighted by molar-refractivity contribution is 0.587. The molecule has 0 aliphatic rings. The van der Waals surface area contributed by atoms with E-state index in [2.05, 4.69) is 20.8 Å². The maximum Gasteiger partial charge on any atom is 0.209 e. The van der Waals surface area contributed by atoms with Crippen molar-refractivity contribution in [3.63, 3.8) is 0 Å². The van der Waals surface area contributed by atoms with E-state index in [1.807, 2.05) is 13.1 Å². The Kier molecular flexibility index (Phi) is 7.50. The van der Waals surface area contributed by atoms with Gasteiger partial charge in [-0.25, -0.2) is 9.07 Å². The standard InChI is InChI=1S/C12H16FN5S.ClH/c1-18-12(15-16-17-18)19-8-4-7-14-9-10-5-2-3-6-11(10)13;/h2-3,5-6,14H,4,7-9H2,1H3;1H. The first kappa shape index (κ1) is 16.9. The highest BCUT2D eigenvalue weighted by Crippen LogP contribution is 2.12. The lowest BCUT2D eigenvalue weighted by Crippen LogP contribution is -2.16. The number of aromatic nitrogens is 4. The number of rotatable bonds is 7. The van der Waals surface area contributed by atoms with Gasteiger partial charge in [0.1, 0.15) is 5.82 Å². The summed E-state index contributed by atoms with van der Waals surface area (Å²) in [6.45, 7) is 1.40. The summed E-state index contributed by atoms with van der Waals surface area (Å²) in [5.41, 5.74) is 0.702. The molecule has 1 N–H and O–H groups in total. The summed E-state index contributed by atoms with van der Waals surface area (Å²) in [6, 6.07) is 6.82. The summed E-state index contributed by atoms with van der Waals surface area (Å²) in [5.74, 6) is 0.771. The van der Waals surface area contributed by atoms with Crippen LogP contribution in [0.25, 0.3) is 0 Å². The second-order valence-electron chi connectivity index (χ2n) is 4.06. The largest absolute Gasteiger partial charge is 0.313 e. The van der Waals surface area contributed by atoms with E-state index in [0.29, 0.717) is 12.1 Å². The molecule has 0 saturated heterocycles. The molecule has 0 aliphatic heterocycles. The molecule has 1 heterocycles. The molecular formula is C12H17ClFN5S. The summed E-state index contributed by atoms with van der Waals surface area (Å²) < 4.78 is 15.0. The Morgan fingerprint density at radius 3 is 2.85 bits per heavy atom. The molecule has 5 nitrogen and oxygen atoms in total. The molecule has 1 aromatic carbocycles. The van der Waals surface area contributed by atoms with Gasteiger partial charge in [-0.2, -0.15) is 0 Å². The molecule has 0 radical (unpaired) electrons. The Labute approximate surface area is 127 Å². The molecule has 0 atom stereocenters. The van der Waals surface area contributed by atoms with E-state index in [9.17, 15) is 4.39 Å². The average Bonchev–Trinajstić information content (AvgIpc) is 2.81. The Morgan fingerprint density at radius 2 is 2.15 bits per heavy atom. The van der Waals surface area contributed by atoms with Gasteiger partial charge >= 0.3 is 0 Å². The summed E-state index contributed by atoms with van der Waals surface area (Å²) in [6.07, 6.45) is 0.978. The van der Waals surface area contributed by atoms with Crippen LogP contribution in [0.1, 0.15) is 12.0 Å². The minimum Gasteiger partial charge on any atom is -0.313 e. The summed E-state index contributed by atoms with van der Waals surface area (Å²) in [4.78, 5) is 0. The normalized spacial score (nSPS) is 10.3. The van der Waals surface area contributed by atoms with Crippen LogP contribution in [0.15, 0.2) is 29.4 Å². The van der Waals surface area contributed by atoms with Crippen LogP contribution in [0.5, 0.6) is 0 Å². The van der Waals surface area contributed by atoms with Crippen LogP contribution in [0.3, 0.4) is 0 Å². The second kappa shape index (κ2) is 8.89. The van der Waals surface area contributed by atoms with Gasteiger partial charge in [-0.1, -0.05) is 30.0 Å². The SMILES string of the molecule is Cl.Cn1nnnc1SCCCNCc1ccccc1F. The number of nitrogens with zero attached hydrogens (tertiary/aromatic N) is 4. The molecule has 0 bridgehead atoms. The van der Waals surface area contributed by atoms with Crippen LogP contribution in [0.4, 0.5) is 4.39 Å². The van der Waals surface area contributed by atoms with Crippen molar-refractivity contribution in [2.45, 2.75) is 18.1 Å². The fraction of sp³-hybridized carbons (Fsp3) is 0.417. The molecule has 2 rings (SSSR count). The van der Waals surface area contributed by atoms with E-state index >= 15 is 0 Å². The monoisotopic (exact) mass is 317 g/mol. The van der Waals surface area contributed by atoms with Gasteiger partial charge in [0.25, 0.3) is 0 Å². The highest BCUT2D eigenvalue weighted by molar-refractivity contribution is 7.99. The van der Waals surface area contributed by atoms with Crippen molar-refractivity contribution in [3.8, 4) is 0 Å². The Morgan fingerprint density at radius 1 is 1.35 bits per heavy atom. The minimum atomic E-state index is -0.158. The lowest BCUT2D eigenvalue weighted by Gasteiger charge is -2.05.